The van der Waals surface area contributed by atoms with E-state index in [0.29, 0.717) is 13.0 Å². The van der Waals surface area contributed by atoms with E-state index in [-0.39, 0.29) is 6.42 Å². The molecule has 1 aromatic carbocycles. The fraction of sp³-hybridized carbons (Fsp3) is 0.250. The van der Waals surface area contributed by atoms with Gasteiger partial charge in [-0.2, -0.15) is 10.2 Å². The summed E-state index contributed by atoms with van der Waals surface area (Å²) in [6.07, 6.45) is 9.49. The van der Waals surface area contributed by atoms with Crippen LogP contribution in [-0.4, -0.2) is 54.2 Å². The van der Waals surface area contributed by atoms with E-state index in [1.54, 1.807) is 29.5 Å². The average Bonchev–Trinajstić information content (AvgIpc) is 3.62. The Hall–Kier alpha value is -4.73. The minimum absolute atomic E-state index is 0.133. The van der Waals surface area contributed by atoms with Crippen molar-refractivity contribution in [1.82, 2.24) is 29.9 Å². The number of nitrogens with zero attached hydrogens (tertiary/aromatic N) is 5. The molecule has 10 nitrogen and oxygen atoms in total. The molecule has 0 fully saturated rings. The highest BCUT2D eigenvalue weighted by Crippen LogP contribution is 2.30. The molecule has 0 radical (unpaired) electrons. The Bertz CT molecular complexity index is 1580. The molecule has 1 aliphatic rings. The van der Waals surface area contributed by atoms with E-state index >= 15 is 0 Å². The summed E-state index contributed by atoms with van der Waals surface area (Å²) in [4.78, 5) is 20.9. The average molecular weight is 510 g/mol. The Kier molecular flexibility index (Phi) is 6.43. The number of pyridine rings is 2. The van der Waals surface area contributed by atoms with Crippen LogP contribution in [0.4, 0.5) is 5.69 Å². The number of aliphatic carboxylic acids is 1. The second kappa shape index (κ2) is 10.3. The molecule has 3 N–H and O–H groups in total. The lowest BCUT2D eigenvalue weighted by atomic mass is 10.0. The van der Waals surface area contributed by atoms with Crippen LogP contribution in [0.1, 0.15) is 35.8 Å². The van der Waals surface area contributed by atoms with E-state index in [1.165, 1.54) is 0 Å². The summed E-state index contributed by atoms with van der Waals surface area (Å²) in [5.41, 5.74) is 6.48. The molecular formula is C28H27N7O3. The Balaban J connectivity index is 1.20. The molecule has 4 aromatic heterocycles. The third kappa shape index (κ3) is 4.93. The zero-order valence-electron chi connectivity index (χ0n) is 20.7. The number of H-pyrrole nitrogens is 1. The van der Waals surface area contributed by atoms with E-state index in [0.717, 1.165) is 69.9 Å². The lowest BCUT2D eigenvalue weighted by Crippen LogP contribution is -2.16. The maximum atomic E-state index is 11.8. The van der Waals surface area contributed by atoms with Crippen molar-refractivity contribution in [3.63, 3.8) is 0 Å². The van der Waals surface area contributed by atoms with Gasteiger partial charge in [0.05, 0.1) is 47.9 Å². The molecule has 10 heteroatoms. The number of benzene rings is 1. The Morgan fingerprint density at radius 2 is 2.08 bits per heavy atom. The zero-order chi connectivity index (χ0) is 25.9. The number of nitrogens with one attached hydrogen (secondary N) is 2. The number of aromatic amines is 1. The van der Waals surface area contributed by atoms with Gasteiger partial charge < -0.3 is 15.2 Å². The summed E-state index contributed by atoms with van der Waals surface area (Å²) in [6, 6.07) is 13.1. The lowest BCUT2D eigenvalue weighted by molar-refractivity contribution is -0.137. The van der Waals surface area contributed by atoms with Crippen LogP contribution in [0.25, 0.3) is 22.2 Å². The molecule has 5 aromatic rings. The topological polar surface area (TPSA) is 131 Å². The first-order valence-corrected chi connectivity index (χ1v) is 12.6. The molecule has 1 unspecified atom stereocenters. The largest absolute Gasteiger partial charge is 0.493 e. The first kappa shape index (κ1) is 23.7. The number of rotatable bonds is 9. The number of hydrogen-bond donors (Lipinski definition) is 3. The van der Waals surface area contributed by atoms with Gasteiger partial charge in [-0.25, -0.2) is 0 Å². The number of carbonyl (C=O) groups is 1. The van der Waals surface area contributed by atoms with Gasteiger partial charge in [-0.3, -0.25) is 24.5 Å². The maximum absolute atomic E-state index is 11.8. The van der Waals surface area contributed by atoms with Crippen LogP contribution < -0.4 is 10.1 Å². The van der Waals surface area contributed by atoms with Gasteiger partial charge in [0.15, 0.2) is 0 Å². The summed E-state index contributed by atoms with van der Waals surface area (Å²) < 4.78 is 7.77. The zero-order valence-corrected chi connectivity index (χ0v) is 20.7. The van der Waals surface area contributed by atoms with Crippen LogP contribution in [0.3, 0.4) is 0 Å². The standard InChI is InChI=1S/C28H27N7O3/c36-28(37)14-27(19-12-18(15-29-16-19)23-7-10-31-34-23)35-26-6-4-22(13-20(26)17-32-35)38-11-8-21-3-5-24-25(33-21)2-1-9-30-24/h3-7,10,12-13,15-17,27,30H,1-2,8-9,11,14H2,(H,31,34)(H,36,37). The molecule has 1 aliphatic heterocycles. The number of ether oxygens (including phenoxy) is 1. The summed E-state index contributed by atoms with van der Waals surface area (Å²) >= 11 is 0. The van der Waals surface area contributed by atoms with Crippen LogP contribution in [0, 0.1) is 0 Å². The van der Waals surface area contributed by atoms with Crippen LogP contribution >= 0.6 is 0 Å². The normalized spacial score (nSPS) is 13.6. The van der Waals surface area contributed by atoms with Crippen molar-refractivity contribution in [2.24, 2.45) is 0 Å². The summed E-state index contributed by atoms with van der Waals surface area (Å²) in [5.74, 6) is -0.188. The highest BCUT2D eigenvalue weighted by atomic mass is 16.5. The van der Waals surface area contributed by atoms with E-state index in [9.17, 15) is 9.90 Å². The molecule has 1 atom stereocenters. The predicted octanol–water partition coefficient (Wildman–Crippen LogP) is 4.26. The minimum Gasteiger partial charge on any atom is -0.493 e. The van der Waals surface area contributed by atoms with Crippen molar-refractivity contribution in [2.45, 2.75) is 31.7 Å². The van der Waals surface area contributed by atoms with Crippen molar-refractivity contribution in [3.05, 3.63) is 84.2 Å². The van der Waals surface area contributed by atoms with Crippen molar-refractivity contribution >= 4 is 22.6 Å². The number of carboxylic acid groups (broad SMARTS) is 1. The Morgan fingerprint density at radius 3 is 2.95 bits per heavy atom. The quantitative estimate of drug-likeness (QED) is 0.269. The summed E-state index contributed by atoms with van der Waals surface area (Å²) in [7, 11) is 0. The van der Waals surface area contributed by atoms with Crippen molar-refractivity contribution in [1.29, 1.82) is 0 Å². The van der Waals surface area contributed by atoms with Crippen molar-refractivity contribution in [2.75, 3.05) is 18.5 Å². The first-order valence-electron chi connectivity index (χ1n) is 12.6. The van der Waals surface area contributed by atoms with Gasteiger partial charge in [0.25, 0.3) is 0 Å². The molecule has 0 saturated heterocycles. The minimum atomic E-state index is -0.919. The predicted molar refractivity (Wildman–Crippen MR) is 142 cm³/mol. The Labute approximate surface area is 218 Å². The van der Waals surface area contributed by atoms with Crippen molar-refractivity contribution in [3.8, 4) is 17.0 Å². The number of carboxylic acids is 1. The molecule has 0 aliphatic carbocycles. The van der Waals surface area contributed by atoms with Gasteiger partial charge in [-0.1, -0.05) is 0 Å². The molecule has 192 valence electrons. The second-order valence-corrected chi connectivity index (χ2v) is 9.33. The molecule has 0 amide bonds. The highest BCUT2D eigenvalue weighted by Gasteiger charge is 2.22. The van der Waals surface area contributed by atoms with Gasteiger partial charge in [0, 0.05) is 48.2 Å². The highest BCUT2D eigenvalue weighted by molar-refractivity contribution is 5.81. The SMILES string of the molecule is O=C(O)CC(c1cncc(-c2ccn[nH]2)c1)n1ncc2cc(OCCc3ccc4c(n3)CCCN4)ccc21. The first-order chi connectivity index (χ1) is 18.6. The molecule has 0 spiro atoms. The van der Waals surface area contributed by atoms with E-state index in [1.807, 2.05) is 36.4 Å². The fourth-order valence-corrected chi connectivity index (χ4v) is 4.87. The molecule has 38 heavy (non-hydrogen) atoms. The number of aromatic nitrogens is 6. The smallest absolute Gasteiger partial charge is 0.305 e. The lowest BCUT2D eigenvalue weighted by Gasteiger charge is -2.18. The number of anilines is 1. The van der Waals surface area contributed by atoms with E-state index < -0.39 is 12.0 Å². The van der Waals surface area contributed by atoms with Gasteiger partial charge in [0.1, 0.15) is 5.75 Å². The van der Waals surface area contributed by atoms with Crippen molar-refractivity contribution < 1.29 is 14.6 Å². The van der Waals surface area contributed by atoms with E-state index in [4.69, 9.17) is 9.72 Å². The monoisotopic (exact) mass is 509 g/mol. The molecular weight excluding hydrogens is 482 g/mol. The van der Waals surface area contributed by atoms with Crippen LogP contribution in [-0.2, 0) is 17.6 Å². The van der Waals surface area contributed by atoms with Gasteiger partial charge in [0.2, 0.25) is 0 Å². The molecule has 0 bridgehead atoms. The molecule has 0 saturated carbocycles. The molecule has 5 heterocycles. The van der Waals surface area contributed by atoms with Gasteiger partial charge in [-0.05, 0) is 60.9 Å². The number of aryl methyl sites for hydroxylation is 1. The third-order valence-corrected chi connectivity index (χ3v) is 6.75. The summed E-state index contributed by atoms with van der Waals surface area (Å²) in [6.45, 7) is 1.51. The van der Waals surface area contributed by atoms with Gasteiger partial charge >= 0.3 is 5.97 Å². The summed E-state index contributed by atoms with van der Waals surface area (Å²) in [5, 5.41) is 25.4. The third-order valence-electron chi connectivity index (χ3n) is 6.75. The fourth-order valence-electron chi connectivity index (χ4n) is 4.87. The number of hydrogen-bond acceptors (Lipinski definition) is 7. The second-order valence-electron chi connectivity index (χ2n) is 9.33. The van der Waals surface area contributed by atoms with E-state index in [2.05, 4.69) is 31.7 Å². The molecule has 6 rings (SSSR count). The van der Waals surface area contributed by atoms with Crippen LogP contribution in [0.15, 0.2) is 67.3 Å². The van der Waals surface area contributed by atoms with Gasteiger partial charge in [-0.15, -0.1) is 0 Å². The Morgan fingerprint density at radius 1 is 1.13 bits per heavy atom. The van der Waals surface area contributed by atoms with Crippen LogP contribution in [0.5, 0.6) is 5.75 Å². The van der Waals surface area contributed by atoms with Crippen LogP contribution in [0.2, 0.25) is 0 Å². The maximum Gasteiger partial charge on any atom is 0.305 e. The number of fused-ring (bicyclic) bond motifs is 2.